The zero-order chi connectivity index (χ0) is 17.2. The fourth-order valence-electron chi connectivity index (χ4n) is 1.94. The van der Waals surface area contributed by atoms with Crippen molar-refractivity contribution in [2.75, 3.05) is 0 Å². The third-order valence-electron chi connectivity index (χ3n) is 3.14. The molecule has 0 aliphatic rings. The lowest BCUT2D eigenvalue weighted by atomic mass is 10.00. The highest BCUT2D eigenvalue weighted by Gasteiger charge is 2.30. The van der Waals surface area contributed by atoms with Gasteiger partial charge in [0.2, 0.25) is 0 Å². The largest absolute Gasteiger partial charge is 0.508 e. The van der Waals surface area contributed by atoms with Gasteiger partial charge >= 0.3 is 6.18 Å². The average molecular weight is 324 g/mol. The van der Waals surface area contributed by atoms with Crippen molar-refractivity contribution < 1.29 is 33.0 Å². The molecule has 0 atom stereocenters. The second-order valence-electron chi connectivity index (χ2n) is 4.80. The van der Waals surface area contributed by atoms with E-state index in [9.17, 15) is 27.9 Å². The van der Waals surface area contributed by atoms with Gasteiger partial charge in [-0.3, -0.25) is 9.59 Å². The molecule has 0 bridgehead atoms. The zero-order valence-corrected chi connectivity index (χ0v) is 11.6. The number of aromatic hydroxyl groups is 2. The number of ketones is 2. The first kappa shape index (κ1) is 16.5. The molecule has 0 radical (unpaired) electrons. The normalized spacial score (nSPS) is 11.3. The van der Waals surface area contributed by atoms with Crippen LogP contribution in [0.15, 0.2) is 42.5 Å². The second kappa shape index (κ2) is 6.12. The topological polar surface area (TPSA) is 74.6 Å². The van der Waals surface area contributed by atoms with Crippen molar-refractivity contribution in [3.63, 3.8) is 0 Å². The third-order valence-corrected chi connectivity index (χ3v) is 3.14. The van der Waals surface area contributed by atoms with Gasteiger partial charge in [-0.2, -0.15) is 13.2 Å². The number of hydrogen-bond acceptors (Lipinski definition) is 4. The molecule has 0 saturated carbocycles. The number of halogens is 3. The van der Waals surface area contributed by atoms with E-state index in [4.69, 9.17) is 5.11 Å². The van der Waals surface area contributed by atoms with E-state index < -0.39 is 35.5 Å². The van der Waals surface area contributed by atoms with Gasteiger partial charge in [0.05, 0.1) is 17.5 Å². The minimum atomic E-state index is -4.50. The Morgan fingerprint density at radius 3 is 2.04 bits per heavy atom. The maximum Gasteiger partial charge on any atom is 0.416 e. The van der Waals surface area contributed by atoms with Gasteiger partial charge in [-0.05, 0) is 24.3 Å². The number of alkyl halides is 3. The van der Waals surface area contributed by atoms with E-state index in [1.807, 2.05) is 0 Å². The van der Waals surface area contributed by atoms with E-state index >= 15 is 0 Å². The summed E-state index contributed by atoms with van der Waals surface area (Å²) in [5.41, 5.74) is -1.08. The van der Waals surface area contributed by atoms with Crippen molar-refractivity contribution >= 4 is 11.6 Å². The van der Waals surface area contributed by atoms with Crippen LogP contribution in [0, 0.1) is 0 Å². The molecule has 0 fully saturated rings. The summed E-state index contributed by atoms with van der Waals surface area (Å²) >= 11 is 0. The third kappa shape index (κ3) is 3.88. The zero-order valence-electron chi connectivity index (χ0n) is 11.6. The minimum absolute atomic E-state index is 0.0374. The number of phenolic OH excluding ortho intramolecular Hbond substituents is 2. The Morgan fingerprint density at radius 2 is 1.52 bits per heavy atom. The SMILES string of the molecule is O=C(CC(=O)c1ccc(O)cc1O)c1ccc(C(F)(F)F)cc1. The van der Waals surface area contributed by atoms with Gasteiger partial charge in [-0.15, -0.1) is 0 Å². The molecular weight excluding hydrogens is 313 g/mol. The number of rotatable bonds is 4. The van der Waals surface area contributed by atoms with Gasteiger partial charge in [-0.1, -0.05) is 12.1 Å². The Hall–Kier alpha value is -2.83. The Morgan fingerprint density at radius 1 is 0.913 bits per heavy atom. The van der Waals surface area contributed by atoms with Crippen LogP contribution in [-0.2, 0) is 6.18 Å². The predicted molar refractivity (Wildman–Crippen MR) is 74.5 cm³/mol. The van der Waals surface area contributed by atoms with Crippen molar-refractivity contribution in [3.8, 4) is 11.5 Å². The highest BCUT2D eigenvalue weighted by molar-refractivity contribution is 6.14. The molecule has 0 amide bonds. The van der Waals surface area contributed by atoms with E-state index in [1.165, 1.54) is 6.07 Å². The van der Waals surface area contributed by atoms with Gasteiger partial charge in [0, 0.05) is 11.6 Å². The van der Waals surface area contributed by atoms with Crippen LogP contribution in [0.2, 0.25) is 0 Å². The van der Waals surface area contributed by atoms with Crippen molar-refractivity contribution in [2.45, 2.75) is 12.6 Å². The van der Waals surface area contributed by atoms with Crippen LogP contribution >= 0.6 is 0 Å². The molecule has 2 N–H and O–H groups in total. The van der Waals surface area contributed by atoms with E-state index in [0.29, 0.717) is 0 Å². The molecule has 0 heterocycles. The molecule has 0 aromatic heterocycles. The molecule has 0 unspecified atom stereocenters. The van der Waals surface area contributed by atoms with Crippen LogP contribution in [0.25, 0.3) is 0 Å². The van der Waals surface area contributed by atoms with Crippen molar-refractivity contribution in [1.29, 1.82) is 0 Å². The van der Waals surface area contributed by atoms with Gasteiger partial charge in [0.1, 0.15) is 11.5 Å². The first-order valence-electron chi connectivity index (χ1n) is 6.44. The Labute approximate surface area is 128 Å². The summed E-state index contributed by atoms with van der Waals surface area (Å²) in [6.07, 6.45) is -5.11. The molecule has 4 nitrogen and oxygen atoms in total. The summed E-state index contributed by atoms with van der Waals surface area (Å²) < 4.78 is 37.3. The Kier molecular flexibility index (Phi) is 4.40. The van der Waals surface area contributed by atoms with Crippen molar-refractivity contribution in [2.24, 2.45) is 0 Å². The van der Waals surface area contributed by atoms with Crippen LogP contribution in [0.5, 0.6) is 11.5 Å². The summed E-state index contributed by atoms with van der Waals surface area (Å²) in [4.78, 5) is 23.9. The summed E-state index contributed by atoms with van der Waals surface area (Å²) in [5.74, 6) is -2.09. The first-order chi connectivity index (χ1) is 10.7. The number of phenols is 2. The van der Waals surface area contributed by atoms with Gasteiger partial charge in [-0.25, -0.2) is 0 Å². The standard InChI is InChI=1S/C16H11F3O4/c17-16(18,19)10-3-1-9(2-4-10)13(21)8-15(23)12-6-5-11(20)7-14(12)22/h1-7,20,22H,8H2. The smallest absolute Gasteiger partial charge is 0.416 e. The highest BCUT2D eigenvalue weighted by Crippen LogP contribution is 2.29. The second-order valence-corrected chi connectivity index (χ2v) is 4.80. The molecule has 2 aromatic carbocycles. The highest BCUT2D eigenvalue weighted by atomic mass is 19.4. The van der Waals surface area contributed by atoms with Gasteiger partial charge < -0.3 is 10.2 Å². The van der Waals surface area contributed by atoms with Crippen LogP contribution in [0.3, 0.4) is 0 Å². The number of Topliss-reactive ketones (excluding diaryl/α,β-unsaturated/α-hetero) is 2. The maximum absolute atomic E-state index is 12.4. The maximum atomic E-state index is 12.4. The molecular formula is C16H11F3O4. The molecule has 7 heteroatoms. The number of benzene rings is 2. The van der Waals surface area contributed by atoms with E-state index in [1.54, 1.807) is 0 Å². The molecule has 2 rings (SSSR count). The quantitative estimate of drug-likeness (QED) is 0.666. The predicted octanol–water partition coefficient (Wildman–Crippen LogP) is 3.57. The molecule has 2 aromatic rings. The molecule has 0 aliphatic heterocycles. The van der Waals surface area contributed by atoms with Gasteiger partial charge in [0.15, 0.2) is 11.6 Å². The fraction of sp³-hybridized carbons (Fsp3) is 0.125. The molecule has 23 heavy (non-hydrogen) atoms. The molecule has 0 aliphatic carbocycles. The van der Waals surface area contributed by atoms with Crippen molar-refractivity contribution in [1.82, 2.24) is 0 Å². The van der Waals surface area contributed by atoms with E-state index in [0.717, 1.165) is 36.4 Å². The lowest BCUT2D eigenvalue weighted by Crippen LogP contribution is -2.10. The Bertz CT molecular complexity index is 749. The number of carbonyl (C=O) groups is 2. The first-order valence-corrected chi connectivity index (χ1v) is 6.44. The summed E-state index contributed by atoms with van der Waals surface area (Å²) in [6, 6.07) is 6.80. The number of carbonyl (C=O) groups excluding carboxylic acids is 2. The Balaban J connectivity index is 2.14. The summed E-state index contributed by atoms with van der Waals surface area (Å²) in [7, 11) is 0. The fourth-order valence-corrected chi connectivity index (χ4v) is 1.94. The van der Waals surface area contributed by atoms with E-state index in [2.05, 4.69) is 0 Å². The van der Waals surface area contributed by atoms with Crippen LogP contribution < -0.4 is 0 Å². The summed E-state index contributed by atoms with van der Waals surface area (Å²) in [5, 5.41) is 18.7. The van der Waals surface area contributed by atoms with Crippen LogP contribution in [0.1, 0.15) is 32.7 Å². The van der Waals surface area contributed by atoms with Crippen molar-refractivity contribution in [3.05, 3.63) is 59.2 Å². The number of hydrogen-bond donors (Lipinski definition) is 2. The average Bonchev–Trinajstić information content (AvgIpc) is 2.46. The van der Waals surface area contributed by atoms with Crippen LogP contribution in [-0.4, -0.2) is 21.8 Å². The van der Waals surface area contributed by atoms with Gasteiger partial charge in [0.25, 0.3) is 0 Å². The summed E-state index contributed by atoms with van der Waals surface area (Å²) in [6.45, 7) is 0. The minimum Gasteiger partial charge on any atom is -0.508 e. The lowest BCUT2D eigenvalue weighted by Gasteiger charge is -2.07. The molecule has 120 valence electrons. The van der Waals surface area contributed by atoms with E-state index in [-0.39, 0.29) is 16.9 Å². The monoisotopic (exact) mass is 324 g/mol. The lowest BCUT2D eigenvalue weighted by molar-refractivity contribution is -0.137. The molecule has 0 spiro atoms. The van der Waals surface area contributed by atoms with Crippen LogP contribution in [0.4, 0.5) is 13.2 Å². The molecule has 0 saturated heterocycles.